The number of aliphatic carboxylic acids is 1. The van der Waals surface area contributed by atoms with Crippen LogP contribution in [0.1, 0.15) is 48.8 Å². The topological polar surface area (TPSA) is 95.5 Å². The van der Waals surface area contributed by atoms with Crippen molar-refractivity contribution in [2.24, 2.45) is 23.7 Å². The molecule has 3 N–H and O–H groups in total. The van der Waals surface area contributed by atoms with E-state index in [0.717, 1.165) is 35.3 Å². The number of carboxylic acids is 1. The van der Waals surface area contributed by atoms with Gasteiger partial charge in [0.25, 0.3) is 5.91 Å². The SMILES string of the molecule is CCc1cc(C(=O)NNC(=O)[C@@H]2[C@H](C(=O)O)[C@H]3CC[C@H]2C3=C(C)C)cs1. The molecule has 2 aliphatic rings. The standard InChI is InChI=1S/C19H24N2O4S/c1-4-11-7-10(8-26-11)17(22)20-21-18(23)15-12-5-6-13(14(12)9(2)3)16(15)19(24)25/h7-8,12-13,15-16H,4-6H2,1-3H3,(H,20,22)(H,21,23)(H,24,25)/t12-,13-,15-,16+/m0/s1. The number of hydrazine groups is 1. The molecule has 0 radical (unpaired) electrons. The first-order valence-electron chi connectivity index (χ1n) is 8.92. The van der Waals surface area contributed by atoms with Gasteiger partial charge in [0.15, 0.2) is 0 Å². The molecule has 0 aliphatic heterocycles. The molecule has 2 bridgehead atoms. The van der Waals surface area contributed by atoms with Crippen LogP contribution < -0.4 is 10.9 Å². The number of carbonyl (C=O) groups excluding carboxylic acids is 2. The maximum absolute atomic E-state index is 12.7. The van der Waals surface area contributed by atoms with E-state index in [9.17, 15) is 19.5 Å². The van der Waals surface area contributed by atoms with Gasteiger partial charge in [-0.2, -0.15) is 0 Å². The number of amides is 2. The highest BCUT2D eigenvalue weighted by atomic mass is 32.1. The molecule has 7 heteroatoms. The average Bonchev–Trinajstić information content (AvgIpc) is 3.30. The lowest BCUT2D eigenvalue weighted by atomic mass is 9.79. The van der Waals surface area contributed by atoms with Gasteiger partial charge in [-0.1, -0.05) is 18.1 Å². The Morgan fingerprint density at radius 3 is 2.35 bits per heavy atom. The molecular formula is C19H24N2O4S. The van der Waals surface area contributed by atoms with Crippen LogP contribution >= 0.6 is 11.3 Å². The van der Waals surface area contributed by atoms with E-state index in [-0.39, 0.29) is 17.7 Å². The van der Waals surface area contributed by atoms with Crippen LogP contribution in [-0.2, 0) is 16.0 Å². The second-order valence-corrected chi connectivity index (χ2v) is 8.23. The molecule has 2 saturated carbocycles. The van der Waals surface area contributed by atoms with E-state index < -0.39 is 23.7 Å². The quantitative estimate of drug-likeness (QED) is 0.556. The molecular weight excluding hydrogens is 352 g/mol. The molecule has 0 unspecified atom stereocenters. The van der Waals surface area contributed by atoms with E-state index in [1.807, 2.05) is 20.8 Å². The van der Waals surface area contributed by atoms with Gasteiger partial charge in [-0.15, -0.1) is 11.3 Å². The van der Waals surface area contributed by atoms with Crippen molar-refractivity contribution in [3.8, 4) is 0 Å². The summed E-state index contributed by atoms with van der Waals surface area (Å²) in [5, 5.41) is 11.4. The summed E-state index contributed by atoms with van der Waals surface area (Å²) in [5.41, 5.74) is 7.62. The minimum absolute atomic E-state index is 0.0455. The van der Waals surface area contributed by atoms with Gasteiger partial charge in [0, 0.05) is 10.3 Å². The third-order valence-corrected chi connectivity index (χ3v) is 6.65. The summed E-state index contributed by atoms with van der Waals surface area (Å²) in [4.78, 5) is 37.8. The zero-order valence-electron chi connectivity index (χ0n) is 15.2. The minimum Gasteiger partial charge on any atom is -0.481 e. The van der Waals surface area contributed by atoms with Crippen molar-refractivity contribution in [1.82, 2.24) is 10.9 Å². The first kappa shape index (κ1) is 18.6. The molecule has 2 aliphatic carbocycles. The molecule has 0 spiro atoms. The van der Waals surface area contributed by atoms with E-state index in [1.165, 1.54) is 11.3 Å². The number of hydrogen-bond acceptors (Lipinski definition) is 4. The van der Waals surface area contributed by atoms with Crippen molar-refractivity contribution in [2.75, 3.05) is 0 Å². The molecule has 1 aromatic heterocycles. The van der Waals surface area contributed by atoms with Crippen LogP contribution in [0.3, 0.4) is 0 Å². The second kappa shape index (κ2) is 7.23. The maximum atomic E-state index is 12.7. The van der Waals surface area contributed by atoms with Crippen molar-refractivity contribution in [3.63, 3.8) is 0 Å². The Morgan fingerprint density at radius 2 is 1.81 bits per heavy atom. The van der Waals surface area contributed by atoms with Crippen molar-refractivity contribution < 1.29 is 19.5 Å². The van der Waals surface area contributed by atoms with Crippen molar-refractivity contribution in [3.05, 3.63) is 33.0 Å². The van der Waals surface area contributed by atoms with Crippen molar-refractivity contribution in [1.29, 1.82) is 0 Å². The number of allylic oxidation sites excluding steroid dienone is 2. The lowest BCUT2D eigenvalue weighted by molar-refractivity contribution is -0.149. The highest BCUT2D eigenvalue weighted by molar-refractivity contribution is 7.10. The highest BCUT2D eigenvalue weighted by Crippen LogP contribution is 2.57. The Balaban J connectivity index is 1.71. The zero-order chi connectivity index (χ0) is 19.0. The molecule has 0 aromatic carbocycles. The summed E-state index contributed by atoms with van der Waals surface area (Å²) in [5.74, 6) is -3.20. The summed E-state index contributed by atoms with van der Waals surface area (Å²) < 4.78 is 0. The van der Waals surface area contributed by atoms with Gasteiger partial charge in [0.2, 0.25) is 5.91 Å². The highest BCUT2D eigenvalue weighted by Gasteiger charge is 2.57. The number of carbonyl (C=O) groups is 3. The van der Waals surface area contributed by atoms with E-state index in [2.05, 4.69) is 10.9 Å². The van der Waals surface area contributed by atoms with Crippen LogP contribution in [0.2, 0.25) is 0 Å². The fourth-order valence-electron chi connectivity index (χ4n) is 4.56. The van der Waals surface area contributed by atoms with Crippen LogP contribution in [0.5, 0.6) is 0 Å². The summed E-state index contributed by atoms with van der Waals surface area (Å²) >= 11 is 1.50. The van der Waals surface area contributed by atoms with Crippen molar-refractivity contribution >= 4 is 29.1 Å². The van der Waals surface area contributed by atoms with Gasteiger partial charge in [-0.05, 0) is 51.0 Å². The third-order valence-electron chi connectivity index (χ3n) is 5.57. The van der Waals surface area contributed by atoms with E-state index in [0.29, 0.717) is 5.56 Å². The lowest BCUT2D eigenvalue weighted by Crippen LogP contribution is -2.48. The van der Waals surface area contributed by atoms with E-state index in [1.54, 1.807) is 11.4 Å². The number of thiophene rings is 1. The molecule has 3 rings (SSSR count). The average molecular weight is 376 g/mol. The predicted octanol–water partition coefficient (Wildman–Crippen LogP) is 2.76. The number of hydrogen-bond donors (Lipinski definition) is 3. The second-order valence-electron chi connectivity index (χ2n) is 7.23. The monoisotopic (exact) mass is 376 g/mol. The Labute approximate surface area is 156 Å². The van der Waals surface area contributed by atoms with Gasteiger partial charge >= 0.3 is 5.97 Å². The molecule has 140 valence electrons. The maximum Gasteiger partial charge on any atom is 0.307 e. The zero-order valence-corrected chi connectivity index (χ0v) is 16.0. The number of nitrogens with one attached hydrogen (secondary N) is 2. The number of rotatable bonds is 4. The molecule has 26 heavy (non-hydrogen) atoms. The van der Waals surface area contributed by atoms with Crippen LogP contribution in [0.25, 0.3) is 0 Å². The fourth-order valence-corrected chi connectivity index (χ4v) is 5.38. The molecule has 1 heterocycles. The van der Waals surface area contributed by atoms with Gasteiger partial charge in [0.05, 0.1) is 17.4 Å². The fraction of sp³-hybridized carbons (Fsp3) is 0.526. The molecule has 2 fully saturated rings. The summed E-state index contributed by atoms with van der Waals surface area (Å²) in [7, 11) is 0. The minimum atomic E-state index is -0.937. The molecule has 0 saturated heterocycles. The van der Waals surface area contributed by atoms with Crippen LogP contribution in [0.4, 0.5) is 0 Å². The largest absolute Gasteiger partial charge is 0.481 e. The first-order valence-corrected chi connectivity index (χ1v) is 9.80. The number of aryl methyl sites for hydroxylation is 1. The summed E-state index contributed by atoms with van der Waals surface area (Å²) in [6.07, 6.45) is 2.49. The first-order chi connectivity index (χ1) is 12.3. The van der Waals surface area contributed by atoms with Gasteiger partial charge in [-0.25, -0.2) is 0 Å². The van der Waals surface area contributed by atoms with Crippen molar-refractivity contribution in [2.45, 2.75) is 40.0 Å². The summed E-state index contributed by atoms with van der Waals surface area (Å²) in [6.45, 7) is 5.96. The Hall–Kier alpha value is -2.15. The number of fused-ring (bicyclic) bond motifs is 2. The molecule has 2 amide bonds. The van der Waals surface area contributed by atoms with E-state index >= 15 is 0 Å². The Bertz CT molecular complexity index is 778. The van der Waals surface area contributed by atoms with Crippen LogP contribution in [-0.4, -0.2) is 22.9 Å². The lowest BCUT2D eigenvalue weighted by Gasteiger charge is -2.26. The summed E-state index contributed by atoms with van der Waals surface area (Å²) in [6, 6.07) is 1.80. The Morgan fingerprint density at radius 1 is 1.15 bits per heavy atom. The van der Waals surface area contributed by atoms with Crippen LogP contribution in [0, 0.1) is 23.7 Å². The number of carboxylic acid groups (broad SMARTS) is 1. The molecule has 6 nitrogen and oxygen atoms in total. The normalized spacial score (nSPS) is 26.7. The van der Waals surface area contributed by atoms with Crippen LogP contribution in [0.15, 0.2) is 22.6 Å². The third kappa shape index (κ3) is 3.16. The molecule has 1 aromatic rings. The van der Waals surface area contributed by atoms with Gasteiger partial charge in [0.1, 0.15) is 0 Å². The van der Waals surface area contributed by atoms with Gasteiger partial charge < -0.3 is 5.11 Å². The Kier molecular flexibility index (Phi) is 5.18. The smallest absolute Gasteiger partial charge is 0.307 e. The van der Waals surface area contributed by atoms with Gasteiger partial charge in [-0.3, -0.25) is 25.2 Å². The predicted molar refractivity (Wildman–Crippen MR) is 98.5 cm³/mol. The van der Waals surface area contributed by atoms with E-state index in [4.69, 9.17) is 0 Å². The molecule has 4 atom stereocenters.